The van der Waals surface area contributed by atoms with Gasteiger partial charge in [0.05, 0.1) is 0 Å². The van der Waals surface area contributed by atoms with Gasteiger partial charge in [-0.3, -0.25) is 4.84 Å². The molecule has 0 saturated carbocycles. The Labute approximate surface area is 170 Å². The third-order valence-electron chi connectivity index (χ3n) is 5.84. The highest BCUT2D eigenvalue weighted by molar-refractivity contribution is 5.67. The first-order chi connectivity index (χ1) is 13.1. The number of ether oxygens (including phenoxy) is 1. The number of amides is 1. The summed E-state index contributed by atoms with van der Waals surface area (Å²) in [5, 5.41) is 5.05. The molecule has 0 bridgehead atoms. The van der Waals surface area contributed by atoms with E-state index in [-0.39, 0.29) is 35.4 Å². The van der Waals surface area contributed by atoms with Crippen molar-refractivity contribution in [3.05, 3.63) is 35.9 Å². The van der Waals surface area contributed by atoms with Crippen LogP contribution in [0.2, 0.25) is 0 Å². The van der Waals surface area contributed by atoms with Crippen LogP contribution in [0.25, 0.3) is 0 Å². The van der Waals surface area contributed by atoms with Crippen molar-refractivity contribution in [2.24, 2.45) is 0 Å². The second-order valence-electron chi connectivity index (χ2n) is 8.93. The van der Waals surface area contributed by atoms with E-state index in [0.717, 1.165) is 31.2 Å². The van der Waals surface area contributed by atoms with Gasteiger partial charge in [-0.1, -0.05) is 44.2 Å². The number of alkyl carbamates (subject to hydrolysis) is 1. The van der Waals surface area contributed by atoms with Crippen LogP contribution in [-0.4, -0.2) is 34.4 Å². The lowest BCUT2D eigenvalue weighted by molar-refractivity contribution is -0.322. The summed E-state index contributed by atoms with van der Waals surface area (Å²) in [6.45, 7) is 14.7. The van der Waals surface area contributed by atoms with Gasteiger partial charge in [-0.25, -0.2) is 4.79 Å². The maximum Gasteiger partial charge on any atom is 0.407 e. The van der Waals surface area contributed by atoms with Crippen LogP contribution in [0.1, 0.15) is 85.8 Å². The first-order valence-corrected chi connectivity index (χ1v) is 10.6. The van der Waals surface area contributed by atoms with Crippen LogP contribution < -0.4 is 5.32 Å². The SMILES string of the molecule is CCC1(CC)CC(OC(=O)NC(C)C)CC(C)(C)N1OC(C)c1ccccc1. The third-order valence-corrected chi connectivity index (χ3v) is 5.84. The Morgan fingerprint density at radius 2 is 1.75 bits per heavy atom. The van der Waals surface area contributed by atoms with E-state index in [1.165, 1.54) is 0 Å². The number of nitrogens with one attached hydrogen (secondary N) is 1. The number of benzene rings is 1. The number of piperidine rings is 1. The zero-order valence-corrected chi connectivity index (χ0v) is 18.6. The monoisotopic (exact) mass is 390 g/mol. The Morgan fingerprint density at radius 3 is 2.29 bits per heavy atom. The van der Waals surface area contributed by atoms with Crippen molar-refractivity contribution >= 4 is 6.09 Å². The van der Waals surface area contributed by atoms with Crippen LogP contribution in [0.5, 0.6) is 0 Å². The lowest BCUT2D eigenvalue weighted by Gasteiger charge is -2.56. The number of carbonyl (C=O) groups excluding carboxylic acids is 1. The summed E-state index contributed by atoms with van der Waals surface area (Å²) in [6, 6.07) is 10.4. The minimum absolute atomic E-state index is 0.0420. The predicted molar refractivity (Wildman–Crippen MR) is 113 cm³/mol. The molecule has 1 amide bonds. The Morgan fingerprint density at radius 1 is 1.14 bits per heavy atom. The molecule has 0 spiro atoms. The molecule has 2 atom stereocenters. The molecule has 28 heavy (non-hydrogen) atoms. The predicted octanol–water partition coefficient (Wildman–Crippen LogP) is 5.62. The molecule has 5 heteroatoms. The van der Waals surface area contributed by atoms with Crippen molar-refractivity contribution in [3.63, 3.8) is 0 Å². The minimum atomic E-state index is -0.330. The molecule has 1 heterocycles. The van der Waals surface area contributed by atoms with Crippen molar-refractivity contribution in [2.75, 3.05) is 0 Å². The first-order valence-electron chi connectivity index (χ1n) is 10.6. The first kappa shape index (κ1) is 22.7. The quantitative estimate of drug-likeness (QED) is 0.657. The summed E-state index contributed by atoms with van der Waals surface area (Å²) in [4.78, 5) is 18.8. The van der Waals surface area contributed by atoms with E-state index >= 15 is 0 Å². The number of hydrogen-bond donors (Lipinski definition) is 1. The van der Waals surface area contributed by atoms with E-state index in [1.807, 2.05) is 32.0 Å². The topological polar surface area (TPSA) is 50.8 Å². The normalized spacial score (nSPS) is 22.6. The second-order valence-corrected chi connectivity index (χ2v) is 8.93. The van der Waals surface area contributed by atoms with Crippen molar-refractivity contribution in [2.45, 2.75) is 103 Å². The summed E-state index contributed by atoms with van der Waals surface area (Å²) in [5.74, 6) is 0. The molecular formula is C23H38N2O3. The van der Waals surface area contributed by atoms with Gasteiger partial charge in [0.15, 0.2) is 0 Å². The summed E-state index contributed by atoms with van der Waals surface area (Å²) < 4.78 is 5.80. The minimum Gasteiger partial charge on any atom is -0.446 e. The van der Waals surface area contributed by atoms with E-state index in [1.54, 1.807) is 0 Å². The highest BCUT2D eigenvalue weighted by Gasteiger charge is 2.51. The van der Waals surface area contributed by atoms with Gasteiger partial charge in [0.25, 0.3) is 0 Å². The molecule has 0 aliphatic carbocycles. The zero-order valence-electron chi connectivity index (χ0n) is 18.6. The van der Waals surface area contributed by atoms with Crippen molar-refractivity contribution in [1.29, 1.82) is 0 Å². The van der Waals surface area contributed by atoms with E-state index in [2.05, 4.69) is 57.1 Å². The van der Waals surface area contributed by atoms with Crippen LogP contribution in [0.3, 0.4) is 0 Å². The van der Waals surface area contributed by atoms with Gasteiger partial charge < -0.3 is 10.1 Å². The Kier molecular flexibility index (Phi) is 7.52. The third kappa shape index (κ3) is 5.26. The molecule has 1 N–H and O–H groups in total. The Balaban J connectivity index is 2.22. The van der Waals surface area contributed by atoms with Crippen molar-refractivity contribution in [1.82, 2.24) is 10.4 Å². The Hall–Kier alpha value is -1.59. The average Bonchev–Trinajstić information content (AvgIpc) is 2.63. The molecule has 1 aliphatic rings. The summed E-state index contributed by atoms with van der Waals surface area (Å²) in [6.07, 6.45) is 2.88. The molecule has 2 unspecified atom stereocenters. The number of hydrogen-bond acceptors (Lipinski definition) is 4. The van der Waals surface area contributed by atoms with Crippen LogP contribution in [-0.2, 0) is 9.57 Å². The van der Waals surface area contributed by atoms with Gasteiger partial charge in [-0.15, -0.1) is 0 Å². The molecule has 0 radical (unpaired) electrons. The van der Waals surface area contributed by atoms with Crippen LogP contribution in [0.4, 0.5) is 4.79 Å². The standard InChI is InChI=1S/C23H38N2O3/c1-8-23(9-2)16-20(27-21(26)24-17(3)4)15-22(6,7)25(23)28-18(5)19-13-11-10-12-14-19/h10-14,17-18,20H,8-9,15-16H2,1-7H3,(H,24,26). The number of nitrogens with zero attached hydrogens (tertiary/aromatic N) is 1. The molecule has 1 aliphatic heterocycles. The molecule has 158 valence electrons. The zero-order chi connectivity index (χ0) is 20.9. The summed E-state index contributed by atoms with van der Waals surface area (Å²) in [7, 11) is 0. The molecule has 2 rings (SSSR count). The number of hydroxylamine groups is 2. The molecule has 1 fully saturated rings. The van der Waals surface area contributed by atoms with E-state index in [4.69, 9.17) is 9.57 Å². The van der Waals surface area contributed by atoms with E-state index in [0.29, 0.717) is 0 Å². The fourth-order valence-electron chi connectivity index (χ4n) is 4.39. The van der Waals surface area contributed by atoms with E-state index < -0.39 is 0 Å². The molecular weight excluding hydrogens is 352 g/mol. The summed E-state index contributed by atoms with van der Waals surface area (Å²) in [5.41, 5.74) is 0.734. The average molecular weight is 391 g/mol. The van der Waals surface area contributed by atoms with Gasteiger partial charge in [0.2, 0.25) is 0 Å². The molecule has 1 aromatic rings. The molecule has 1 aromatic carbocycles. The smallest absolute Gasteiger partial charge is 0.407 e. The van der Waals surface area contributed by atoms with E-state index in [9.17, 15) is 4.79 Å². The second kappa shape index (κ2) is 9.27. The van der Waals surface area contributed by atoms with Crippen LogP contribution >= 0.6 is 0 Å². The molecule has 1 saturated heterocycles. The van der Waals surface area contributed by atoms with Gasteiger partial charge in [0.1, 0.15) is 12.2 Å². The molecule has 5 nitrogen and oxygen atoms in total. The highest BCUT2D eigenvalue weighted by Crippen LogP contribution is 2.45. The van der Waals surface area contributed by atoms with Gasteiger partial charge in [0, 0.05) is 30.0 Å². The van der Waals surface area contributed by atoms with Crippen molar-refractivity contribution in [3.8, 4) is 0 Å². The number of rotatable bonds is 7. The van der Waals surface area contributed by atoms with Gasteiger partial charge >= 0.3 is 6.09 Å². The Bertz CT molecular complexity index is 626. The fourth-order valence-corrected chi connectivity index (χ4v) is 4.39. The maximum absolute atomic E-state index is 12.2. The van der Waals surface area contributed by atoms with Crippen molar-refractivity contribution < 1.29 is 14.4 Å². The van der Waals surface area contributed by atoms with Gasteiger partial charge in [-0.05, 0) is 53.0 Å². The summed E-state index contributed by atoms with van der Waals surface area (Å²) >= 11 is 0. The lowest BCUT2D eigenvalue weighted by Crippen LogP contribution is -2.64. The molecule has 0 aromatic heterocycles. The highest BCUT2D eigenvalue weighted by atomic mass is 16.7. The van der Waals surface area contributed by atoms with Crippen LogP contribution in [0, 0.1) is 0 Å². The maximum atomic E-state index is 12.2. The fraction of sp³-hybridized carbons (Fsp3) is 0.696. The lowest BCUT2D eigenvalue weighted by atomic mass is 9.75. The number of carbonyl (C=O) groups is 1. The van der Waals surface area contributed by atoms with Crippen LogP contribution in [0.15, 0.2) is 30.3 Å². The van der Waals surface area contributed by atoms with Gasteiger partial charge in [-0.2, -0.15) is 5.06 Å². The largest absolute Gasteiger partial charge is 0.446 e.